The van der Waals surface area contributed by atoms with E-state index in [4.69, 9.17) is 0 Å². The Hall–Kier alpha value is -1.15. The van der Waals surface area contributed by atoms with E-state index in [-0.39, 0.29) is 23.6 Å². The van der Waals surface area contributed by atoms with Crippen molar-refractivity contribution < 1.29 is 22.4 Å². The van der Waals surface area contributed by atoms with Gasteiger partial charge in [0, 0.05) is 27.9 Å². The van der Waals surface area contributed by atoms with Crippen molar-refractivity contribution in [1.82, 2.24) is 4.34 Å². The molecule has 0 aliphatic heterocycles. The highest BCUT2D eigenvalue weighted by Gasteiger charge is 2.37. The summed E-state index contributed by atoms with van der Waals surface area (Å²) in [5, 5.41) is 2.38. The van der Waals surface area contributed by atoms with Crippen LogP contribution >= 0.6 is 16.1 Å². The number of nitrogens with one attached hydrogen (secondary N) is 2. The molecule has 0 saturated heterocycles. The van der Waals surface area contributed by atoms with Gasteiger partial charge in [-0.15, -0.1) is 0 Å². The summed E-state index contributed by atoms with van der Waals surface area (Å²) < 4.78 is 53.5. The lowest BCUT2D eigenvalue weighted by Crippen LogP contribution is -2.46. The van der Waals surface area contributed by atoms with Crippen molar-refractivity contribution in [3.8, 4) is 0 Å². The number of hydrogen-bond acceptors (Lipinski definition) is 2. The maximum Gasteiger partial charge on any atom is 0.419 e. The number of benzene rings is 1. The minimum Gasteiger partial charge on any atom is -0.326 e. The van der Waals surface area contributed by atoms with E-state index >= 15 is 0 Å². The van der Waals surface area contributed by atoms with Gasteiger partial charge in [-0.05, 0) is 31.0 Å². The Kier molecular flexibility index (Phi) is 4.33. The Bertz CT molecular complexity index is 519. The number of amides is 1. The molecule has 2 N–H and O–H groups in total. The maximum absolute atomic E-state index is 13.1. The van der Waals surface area contributed by atoms with Gasteiger partial charge < -0.3 is 5.32 Å². The van der Waals surface area contributed by atoms with Gasteiger partial charge >= 0.3 is 6.18 Å². The Morgan fingerprint density at radius 3 is 2.50 bits per heavy atom. The summed E-state index contributed by atoms with van der Waals surface area (Å²) in [6.45, 7) is 0. The topological polar surface area (TPSA) is 41.1 Å². The second kappa shape index (κ2) is 5.69. The molecule has 0 radical (unpaired) electrons. The van der Waals surface area contributed by atoms with Gasteiger partial charge in [0.1, 0.15) is 5.82 Å². The minimum atomic E-state index is -4.79. The SMILES string of the molecule is O=C(Nc1ccc(F)c(C(F)(F)F)c1)[C@H]1CC[C@H]1NBr. The fourth-order valence-corrected chi connectivity index (χ4v) is 2.55. The van der Waals surface area contributed by atoms with E-state index in [0.717, 1.165) is 12.5 Å². The van der Waals surface area contributed by atoms with Crippen LogP contribution < -0.4 is 9.66 Å². The van der Waals surface area contributed by atoms with E-state index in [1.54, 1.807) is 0 Å². The van der Waals surface area contributed by atoms with Crippen molar-refractivity contribution in [1.29, 1.82) is 0 Å². The summed E-state index contributed by atoms with van der Waals surface area (Å²) in [6.07, 6.45) is -3.33. The third-order valence-corrected chi connectivity index (χ3v) is 3.88. The largest absolute Gasteiger partial charge is 0.419 e. The second-order valence-electron chi connectivity index (χ2n) is 4.58. The molecule has 20 heavy (non-hydrogen) atoms. The van der Waals surface area contributed by atoms with Crippen LogP contribution in [-0.2, 0) is 11.0 Å². The van der Waals surface area contributed by atoms with Crippen molar-refractivity contribution in [3.05, 3.63) is 29.6 Å². The molecule has 0 aromatic heterocycles. The molecular formula is C12H11BrF4N2O. The summed E-state index contributed by atoms with van der Waals surface area (Å²) in [7, 11) is 0. The molecule has 2 rings (SSSR count). The van der Waals surface area contributed by atoms with Gasteiger partial charge in [0.05, 0.1) is 11.5 Å². The van der Waals surface area contributed by atoms with Crippen molar-refractivity contribution in [3.63, 3.8) is 0 Å². The average molecular weight is 355 g/mol. The van der Waals surface area contributed by atoms with E-state index in [0.29, 0.717) is 18.6 Å². The van der Waals surface area contributed by atoms with Gasteiger partial charge in [-0.1, -0.05) is 0 Å². The molecule has 1 aliphatic rings. The van der Waals surface area contributed by atoms with Crippen LogP contribution in [0, 0.1) is 11.7 Å². The summed E-state index contributed by atoms with van der Waals surface area (Å²) in [4.78, 5) is 11.9. The van der Waals surface area contributed by atoms with Gasteiger partial charge in [-0.25, -0.2) is 4.39 Å². The molecule has 1 aromatic rings. The summed E-state index contributed by atoms with van der Waals surface area (Å²) in [5.74, 6) is -2.05. The first kappa shape index (κ1) is 15.2. The number of anilines is 1. The lowest BCUT2D eigenvalue weighted by atomic mass is 9.79. The molecule has 0 bridgehead atoms. The molecule has 1 fully saturated rings. The number of alkyl halides is 3. The summed E-state index contributed by atoms with van der Waals surface area (Å²) in [5.41, 5.74) is -1.46. The smallest absolute Gasteiger partial charge is 0.326 e. The fraction of sp³-hybridized carbons (Fsp3) is 0.417. The summed E-state index contributed by atoms with van der Waals surface area (Å²) in [6, 6.07) is 2.36. The average Bonchev–Trinajstić information content (AvgIpc) is 2.29. The zero-order valence-corrected chi connectivity index (χ0v) is 11.7. The molecule has 0 heterocycles. The highest BCUT2D eigenvalue weighted by Crippen LogP contribution is 2.34. The number of hydrogen-bond donors (Lipinski definition) is 2. The van der Waals surface area contributed by atoms with Crippen LogP contribution in [0.15, 0.2) is 18.2 Å². The van der Waals surface area contributed by atoms with Crippen LogP contribution in [-0.4, -0.2) is 11.9 Å². The first-order chi connectivity index (χ1) is 9.32. The lowest BCUT2D eigenvalue weighted by molar-refractivity contribution is -0.140. The lowest BCUT2D eigenvalue weighted by Gasteiger charge is -2.34. The predicted octanol–water partition coefficient (Wildman–Crippen LogP) is 3.46. The third kappa shape index (κ3) is 3.12. The van der Waals surface area contributed by atoms with Crippen molar-refractivity contribution in [2.45, 2.75) is 25.1 Å². The normalized spacial score (nSPS) is 22.2. The van der Waals surface area contributed by atoms with Crippen LogP contribution in [0.2, 0.25) is 0 Å². The zero-order valence-electron chi connectivity index (χ0n) is 10.1. The van der Waals surface area contributed by atoms with Crippen LogP contribution in [0.4, 0.5) is 23.2 Å². The highest BCUT2D eigenvalue weighted by molar-refractivity contribution is 9.08. The highest BCUT2D eigenvalue weighted by atomic mass is 79.9. The standard InChI is InChI=1S/C12H11BrF4N2O/c13-19-10-4-2-7(10)11(20)18-6-1-3-9(14)8(5-6)12(15,16)17/h1,3,5,7,10,19H,2,4H2,(H,18,20)/t7-,10+/m0/s1. The van der Waals surface area contributed by atoms with Gasteiger partial charge in [0.15, 0.2) is 0 Å². The third-order valence-electron chi connectivity index (χ3n) is 3.29. The fourth-order valence-electron chi connectivity index (χ4n) is 2.00. The number of rotatable bonds is 3. The molecule has 1 aliphatic carbocycles. The second-order valence-corrected chi connectivity index (χ2v) is 5.04. The van der Waals surface area contributed by atoms with Crippen molar-refractivity contribution in [2.24, 2.45) is 5.92 Å². The Morgan fingerprint density at radius 2 is 2.00 bits per heavy atom. The molecule has 1 saturated carbocycles. The van der Waals surface area contributed by atoms with E-state index in [1.165, 1.54) is 0 Å². The Balaban J connectivity index is 2.12. The van der Waals surface area contributed by atoms with E-state index in [1.807, 2.05) is 0 Å². The molecule has 8 heteroatoms. The molecular weight excluding hydrogens is 344 g/mol. The number of carbonyl (C=O) groups excluding carboxylic acids is 1. The van der Waals surface area contributed by atoms with Gasteiger partial charge in [0.25, 0.3) is 0 Å². The Morgan fingerprint density at radius 1 is 1.30 bits per heavy atom. The monoisotopic (exact) mass is 354 g/mol. The van der Waals surface area contributed by atoms with E-state index in [2.05, 4.69) is 25.8 Å². The predicted molar refractivity (Wildman–Crippen MR) is 68.6 cm³/mol. The van der Waals surface area contributed by atoms with Crippen LogP contribution in [0.1, 0.15) is 18.4 Å². The van der Waals surface area contributed by atoms with Gasteiger partial charge in [-0.2, -0.15) is 13.2 Å². The van der Waals surface area contributed by atoms with Crippen molar-refractivity contribution >= 4 is 27.7 Å². The number of carbonyl (C=O) groups is 1. The first-order valence-electron chi connectivity index (χ1n) is 5.86. The molecule has 110 valence electrons. The molecule has 1 amide bonds. The molecule has 0 unspecified atom stereocenters. The van der Waals surface area contributed by atoms with E-state index < -0.39 is 17.6 Å². The zero-order chi connectivity index (χ0) is 14.9. The quantitative estimate of drug-likeness (QED) is 0.644. The number of halogens is 5. The minimum absolute atomic E-state index is 0.0439. The molecule has 1 aromatic carbocycles. The van der Waals surface area contributed by atoms with Crippen LogP contribution in [0.5, 0.6) is 0 Å². The van der Waals surface area contributed by atoms with Crippen LogP contribution in [0.3, 0.4) is 0 Å². The van der Waals surface area contributed by atoms with Gasteiger partial charge in [0.2, 0.25) is 5.91 Å². The first-order valence-corrected chi connectivity index (χ1v) is 6.66. The van der Waals surface area contributed by atoms with Gasteiger partial charge in [-0.3, -0.25) is 9.14 Å². The van der Waals surface area contributed by atoms with Crippen molar-refractivity contribution in [2.75, 3.05) is 5.32 Å². The Labute approximate surface area is 121 Å². The molecule has 2 atom stereocenters. The molecule has 3 nitrogen and oxygen atoms in total. The van der Waals surface area contributed by atoms with E-state index in [9.17, 15) is 22.4 Å². The summed E-state index contributed by atoms with van der Waals surface area (Å²) >= 11 is 3.04. The maximum atomic E-state index is 13.1. The van der Waals surface area contributed by atoms with Crippen LogP contribution in [0.25, 0.3) is 0 Å². The molecule has 0 spiro atoms.